The van der Waals surface area contributed by atoms with Gasteiger partial charge in [-0.25, -0.2) is 8.42 Å². The van der Waals surface area contributed by atoms with Crippen LogP contribution in [0.1, 0.15) is 38.1 Å². The zero-order valence-electron chi connectivity index (χ0n) is 23.3. The summed E-state index contributed by atoms with van der Waals surface area (Å²) in [5.41, 5.74) is 1.87. The zero-order valence-corrected chi connectivity index (χ0v) is 24.9. The molecule has 0 spiro atoms. The van der Waals surface area contributed by atoms with Gasteiger partial charge < -0.3 is 24.4 Å². The lowest BCUT2D eigenvalue weighted by Gasteiger charge is -2.29. The van der Waals surface area contributed by atoms with Crippen LogP contribution in [0.15, 0.2) is 29.2 Å². The third-order valence-electron chi connectivity index (χ3n) is 7.17. The number of carbonyl (C=O) groups is 2. The monoisotopic (exact) mass is 594 g/mol. The Bertz CT molecular complexity index is 1270. The Kier molecular flexibility index (Phi) is 10.7. The maximum atomic E-state index is 13.6. The molecule has 2 aromatic rings. The van der Waals surface area contributed by atoms with Gasteiger partial charge in [0.25, 0.3) is 11.8 Å². The Balaban J connectivity index is 1.56. The Labute approximate surface area is 240 Å². The highest BCUT2D eigenvalue weighted by Gasteiger charge is 2.32. The highest BCUT2D eigenvalue weighted by molar-refractivity contribution is 7.89. The molecule has 1 aromatic carbocycles. The molecule has 0 radical (unpaired) electrons. The molecule has 2 aliphatic rings. The standard InChI is InChI=1S/C27H38N4O7S2/c1-4-29-10-9-22-23(19-29)39-26(24(22)27(33)30-11-17-38-18-12-30)28-25(32)20-5-7-21(8-6-20)40(34,35)31(13-15-36-2)14-16-37-3/h5-8H,4,9-19H2,1-3H3,(H,28,32). The maximum absolute atomic E-state index is 13.6. The SMILES string of the molecule is CCN1CCc2c(sc(NC(=O)c3ccc(S(=O)(=O)N(CCOC)CCOC)cc3)c2C(=O)N2CCOCC2)C1. The fourth-order valence-electron chi connectivity index (χ4n) is 4.81. The number of methoxy groups -OCH3 is 2. The fourth-order valence-corrected chi connectivity index (χ4v) is 7.49. The van der Waals surface area contributed by atoms with Gasteiger partial charge in [-0.15, -0.1) is 11.3 Å². The van der Waals surface area contributed by atoms with Crippen molar-refractivity contribution in [3.63, 3.8) is 0 Å². The molecular weight excluding hydrogens is 556 g/mol. The molecule has 3 heterocycles. The minimum Gasteiger partial charge on any atom is -0.383 e. The first-order chi connectivity index (χ1) is 19.3. The van der Waals surface area contributed by atoms with Crippen LogP contribution in [0.2, 0.25) is 0 Å². The van der Waals surface area contributed by atoms with E-state index in [1.807, 2.05) is 0 Å². The summed E-state index contributed by atoms with van der Waals surface area (Å²) in [5, 5.41) is 3.50. The molecule has 4 rings (SSSR count). The summed E-state index contributed by atoms with van der Waals surface area (Å²) in [6.45, 7) is 7.49. The molecule has 1 aromatic heterocycles. The maximum Gasteiger partial charge on any atom is 0.257 e. The van der Waals surface area contributed by atoms with Crippen molar-refractivity contribution in [3.8, 4) is 0 Å². The summed E-state index contributed by atoms with van der Waals surface area (Å²) in [4.78, 5) is 32.2. The van der Waals surface area contributed by atoms with E-state index in [4.69, 9.17) is 14.2 Å². The van der Waals surface area contributed by atoms with Crippen molar-refractivity contribution in [3.05, 3.63) is 45.8 Å². The zero-order chi connectivity index (χ0) is 28.7. The largest absolute Gasteiger partial charge is 0.383 e. The lowest BCUT2D eigenvalue weighted by molar-refractivity contribution is 0.0303. The molecule has 13 heteroatoms. The molecule has 2 amide bonds. The van der Waals surface area contributed by atoms with Crippen LogP contribution >= 0.6 is 11.3 Å². The van der Waals surface area contributed by atoms with Crippen LogP contribution in [0, 0.1) is 0 Å². The predicted octanol–water partition coefficient (Wildman–Crippen LogP) is 2.13. The van der Waals surface area contributed by atoms with Crippen molar-refractivity contribution in [2.24, 2.45) is 0 Å². The minimum absolute atomic E-state index is 0.0747. The second-order valence-corrected chi connectivity index (χ2v) is 12.6. The van der Waals surface area contributed by atoms with Crippen LogP contribution in [0.3, 0.4) is 0 Å². The van der Waals surface area contributed by atoms with E-state index in [0.717, 1.165) is 36.5 Å². The number of carbonyl (C=O) groups excluding carboxylic acids is 2. The molecule has 0 aliphatic carbocycles. The third-order valence-corrected chi connectivity index (χ3v) is 10.2. The number of nitrogens with one attached hydrogen (secondary N) is 1. The number of nitrogens with zero attached hydrogens (tertiary/aromatic N) is 3. The van der Waals surface area contributed by atoms with Gasteiger partial charge in [-0.1, -0.05) is 6.92 Å². The number of sulfonamides is 1. The number of likely N-dealkylation sites (N-methyl/N-ethyl adjacent to an activating group) is 1. The van der Waals surface area contributed by atoms with Gasteiger partial charge in [-0.3, -0.25) is 14.5 Å². The first kappa shape index (κ1) is 30.6. The second kappa shape index (κ2) is 14.0. The Morgan fingerprint density at radius 3 is 2.30 bits per heavy atom. The molecule has 220 valence electrons. The van der Waals surface area contributed by atoms with E-state index >= 15 is 0 Å². The Hall–Kier alpha value is -2.39. The first-order valence-corrected chi connectivity index (χ1v) is 15.7. The van der Waals surface area contributed by atoms with Gasteiger partial charge in [-0.2, -0.15) is 4.31 Å². The van der Waals surface area contributed by atoms with Crippen LogP contribution in [-0.2, 0) is 37.2 Å². The van der Waals surface area contributed by atoms with E-state index in [1.165, 1.54) is 54.1 Å². The molecule has 0 bridgehead atoms. The number of hydrogen-bond donors (Lipinski definition) is 1. The minimum atomic E-state index is -3.81. The second-order valence-electron chi connectivity index (χ2n) is 9.60. The quantitative estimate of drug-likeness (QED) is 0.397. The lowest BCUT2D eigenvalue weighted by Crippen LogP contribution is -2.41. The first-order valence-electron chi connectivity index (χ1n) is 13.4. The number of morpholine rings is 1. The fraction of sp³-hybridized carbons (Fsp3) is 0.556. The Morgan fingerprint density at radius 1 is 1.05 bits per heavy atom. The summed E-state index contributed by atoms with van der Waals surface area (Å²) in [5.74, 6) is -0.490. The summed E-state index contributed by atoms with van der Waals surface area (Å²) < 4.78 is 43.3. The van der Waals surface area contributed by atoms with E-state index in [1.54, 1.807) is 4.90 Å². The highest BCUT2D eigenvalue weighted by atomic mass is 32.2. The van der Waals surface area contributed by atoms with Crippen molar-refractivity contribution < 1.29 is 32.2 Å². The van der Waals surface area contributed by atoms with Crippen molar-refractivity contribution in [2.75, 3.05) is 85.2 Å². The van der Waals surface area contributed by atoms with Crippen LogP contribution in [-0.4, -0.2) is 114 Å². The van der Waals surface area contributed by atoms with Gasteiger partial charge >= 0.3 is 0 Å². The number of thiophene rings is 1. The molecular formula is C27H38N4O7S2. The summed E-state index contributed by atoms with van der Waals surface area (Å²) >= 11 is 1.44. The molecule has 1 fully saturated rings. The van der Waals surface area contributed by atoms with Crippen molar-refractivity contribution in [1.29, 1.82) is 0 Å². The molecule has 1 N–H and O–H groups in total. The number of hydrogen-bond acceptors (Lipinski definition) is 9. The number of anilines is 1. The topological polar surface area (TPSA) is 118 Å². The average molecular weight is 595 g/mol. The van der Waals surface area contributed by atoms with Crippen LogP contribution < -0.4 is 5.32 Å². The highest BCUT2D eigenvalue weighted by Crippen LogP contribution is 2.38. The molecule has 0 atom stereocenters. The van der Waals surface area contributed by atoms with Crippen molar-refractivity contribution in [1.82, 2.24) is 14.1 Å². The van der Waals surface area contributed by atoms with Crippen LogP contribution in [0.4, 0.5) is 5.00 Å². The number of rotatable bonds is 12. The van der Waals surface area contributed by atoms with Gasteiger partial charge in [-0.05, 0) is 42.8 Å². The summed E-state index contributed by atoms with van der Waals surface area (Å²) in [7, 11) is -0.784. The molecule has 1 saturated heterocycles. The number of benzene rings is 1. The summed E-state index contributed by atoms with van der Waals surface area (Å²) in [6.07, 6.45) is 0.746. The molecule has 0 unspecified atom stereocenters. The van der Waals surface area contributed by atoms with E-state index in [2.05, 4.69) is 17.1 Å². The molecule has 2 aliphatic heterocycles. The van der Waals surface area contributed by atoms with Gasteiger partial charge in [0.15, 0.2) is 0 Å². The third kappa shape index (κ3) is 6.90. The number of amides is 2. The van der Waals surface area contributed by atoms with E-state index in [0.29, 0.717) is 42.4 Å². The number of ether oxygens (including phenoxy) is 3. The normalized spacial score (nSPS) is 16.2. The molecule has 0 saturated carbocycles. The van der Waals surface area contributed by atoms with Crippen LogP contribution in [0.25, 0.3) is 0 Å². The van der Waals surface area contributed by atoms with Crippen molar-refractivity contribution in [2.45, 2.75) is 24.8 Å². The van der Waals surface area contributed by atoms with Gasteiger partial charge in [0.1, 0.15) is 5.00 Å². The lowest BCUT2D eigenvalue weighted by atomic mass is 10.0. The smallest absolute Gasteiger partial charge is 0.257 e. The summed E-state index contributed by atoms with van der Waals surface area (Å²) in [6, 6.07) is 5.83. The predicted molar refractivity (Wildman–Crippen MR) is 153 cm³/mol. The van der Waals surface area contributed by atoms with Gasteiger partial charge in [0.2, 0.25) is 10.0 Å². The molecule has 40 heavy (non-hydrogen) atoms. The van der Waals surface area contributed by atoms with E-state index < -0.39 is 15.9 Å². The van der Waals surface area contributed by atoms with Crippen LogP contribution in [0.5, 0.6) is 0 Å². The average Bonchev–Trinajstić information content (AvgIpc) is 3.33. The Morgan fingerprint density at radius 2 is 1.70 bits per heavy atom. The van der Waals surface area contributed by atoms with E-state index in [9.17, 15) is 18.0 Å². The van der Waals surface area contributed by atoms with Gasteiger partial charge in [0, 0.05) is 63.9 Å². The molecule has 11 nitrogen and oxygen atoms in total. The van der Waals surface area contributed by atoms with Gasteiger partial charge in [0.05, 0.1) is 36.9 Å². The van der Waals surface area contributed by atoms with Crippen molar-refractivity contribution >= 4 is 38.2 Å². The number of fused-ring (bicyclic) bond motifs is 1. The van der Waals surface area contributed by atoms with E-state index in [-0.39, 0.29) is 37.1 Å².